The number of likely N-dealkylation sites (N-methyl/N-ethyl adjacent to an activating group) is 1. The van der Waals surface area contributed by atoms with Gasteiger partial charge in [0.1, 0.15) is 4.99 Å². The van der Waals surface area contributed by atoms with Crippen LogP contribution in [-0.4, -0.2) is 39.5 Å². The lowest BCUT2D eigenvalue weighted by molar-refractivity contribution is 0.0884. The molecule has 0 aliphatic heterocycles. The van der Waals surface area contributed by atoms with E-state index in [9.17, 15) is 5.11 Å². The molecule has 1 aromatic heterocycles. The zero-order valence-corrected chi connectivity index (χ0v) is 13.7. The van der Waals surface area contributed by atoms with Crippen molar-refractivity contribution in [2.75, 3.05) is 18.5 Å². The van der Waals surface area contributed by atoms with Gasteiger partial charge in [0.15, 0.2) is 5.82 Å². The molecule has 5 nitrogen and oxygen atoms in total. The molecule has 0 aliphatic rings. The first-order chi connectivity index (χ1) is 9.21. The van der Waals surface area contributed by atoms with E-state index in [1.54, 1.807) is 13.8 Å². The second-order valence-corrected chi connectivity index (χ2v) is 6.00. The summed E-state index contributed by atoms with van der Waals surface area (Å²) in [5.41, 5.74) is 7.81. The molecule has 0 radical (unpaired) electrons. The molecule has 112 valence electrons. The van der Waals surface area contributed by atoms with Crippen molar-refractivity contribution < 1.29 is 5.11 Å². The monoisotopic (exact) mass is 296 g/mol. The van der Waals surface area contributed by atoms with Crippen LogP contribution in [0.25, 0.3) is 0 Å². The third kappa shape index (κ3) is 3.86. The highest BCUT2D eigenvalue weighted by atomic mass is 32.1. The lowest BCUT2D eigenvalue weighted by atomic mass is 10.0. The van der Waals surface area contributed by atoms with E-state index in [4.69, 9.17) is 18.0 Å². The first-order valence-corrected chi connectivity index (χ1v) is 7.23. The van der Waals surface area contributed by atoms with Gasteiger partial charge in [-0.3, -0.25) is 0 Å². The Morgan fingerprint density at radius 3 is 2.30 bits per heavy atom. The largest absolute Gasteiger partial charge is 0.389 e. The predicted octanol–water partition coefficient (Wildman–Crippen LogP) is 1.44. The fourth-order valence-electron chi connectivity index (χ4n) is 2.34. The summed E-state index contributed by atoms with van der Waals surface area (Å²) in [6, 6.07) is 0. The molecule has 0 saturated heterocycles. The Bertz CT molecular complexity index is 497. The number of nitrogens with zero attached hydrogens (tertiary/aromatic N) is 3. The summed E-state index contributed by atoms with van der Waals surface area (Å²) in [4.78, 5) is 2.17. The SMILES string of the molecule is CCc1nnc(N(C)CC(C)(C)O)c(C(N)=S)c1CC. The maximum absolute atomic E-state index is 9.95. The molecule has 0 fully saturated rings. The summed E-state index contributed by atoms with van der Waals surface area (Å²) in [6.07, 6.45) is 1.59. The zero-order valence-electron chi connectivity index (χ0n) is 12.9. The molecule has 1 rings (SSSR count). The van der Waals surface area contributed by atoms with E-state index < -0.39 is 5.60 Å². The van der Waals surface area contributed by atoms with Crippen molar-refractivity contribution in [3.63, 3.8) is 0 Å². The van der Waals surface area contributed by atoms with Gasteiger partial charge < -0.3 is 15.7 Å². The average molecular weight is 296 g/mol. The fourth-order valence-corrected chi connectivity index (χ4v) is 2.56. The Kier molecular flexibility index (Phi) is 5.42. The quantitative estimate of drug-likeness (QED) is 0.774. The Morgan fingerprint density at radius 2 is 1.90 bits per heavy atom. The molecule has 0 aromatic carbocycles. The first kappa shape index (κ1) is 16.8. The summed E-state index contributed by atoms with van der Waals surface area (Å²) >= 11 is 5.19. The van der Waals surface area contributed by atoms with Crippen LogP contribution in [0.3, 0.4) is 0 Å². The number of anilines is 1. The third-order valence-electron chi connectivity index (χ3n) is 3.06. The van der Waals surface area contributed by atoms with Gasteiger partial charge in [-0.15, -0.1) is 5.10 Å². The van der Waals surface area contributed by atoms with Crippen molar-refractivity contribution in [3.8, 4) is 0 Å². The Hall–Kier alpha value is -1.27. The molecule has 0 aliphatic carbocycles. The van der Waals surface area contributed by atoms with Crippen LogP contribution in [0, 0.1) is 0 Å². The second kappa shape index (κ2) is 6.45. The zero-order chi connectivity index (χ0) is 15.5. The molecular weight excluding hydrogens is 272 g/mol. The van der Waals surface area contributed by atoms with Crippen molar-refractivity contribution >= 4 is 23.0 Å². The van der Waals surface area contributed by atoms with Gasteiger partial charge in [-0.2, -0.15) is 5.10 Å². The van der Waals surface area contributed by atoms with E-state index in [1.165, 1.54) is 0 Å². The number of aryl methyl sites for hydroxylation is 1. The van der Waals surface area contributed by atoms with Gasteiger partial charge in [-0.1, -0.05) is 26.1 Å². The Labute approximate surface area is 126 Å². The second-order valence-electron chi connectivity index (χ2n) is 5.56. The summed E-state index contributed by atoms with van der Waals surface area (Å²) in [5, 5.41) is 18.5. The van der Waals surface area contributed by atoms with Crippen LogP contribution in [-0.2, 0) is 12.8 Å². The van der Waals surface area contributed by atoms with Crippen molar-refractivity contribution in [2.24, 2.45) is 5.73 Å². The first-order valence-electron chi connectivity index (χ1n) is 6.83. The van der Waals surface area contributed by atoms with Crippen LogP contribution in [0.15, 0.2) is 0 Å². The molecule has 0 saturated carbocycles. The smallest absolute Gasteiger partial charge is 0.161 e. The number of thiocarbonyl (C=S) groups is 1. The fraction of sp³-hybridized carbons (Fsp3) is 0.643. The molecule has 1 aromatic rings. The average Bonchev–Trinajstić information content (AvgIpc) is 2.34. The topological polar surface area (TPSA) is 75.3 Å². The van der Waals surface area contributed by atoms with Crippen LogP contribution >= 0.6 is 12.2 Å². The van der Waals surface area contributed by atoms with Gasteiger partial charge >= 0.3 is 0 Å². The lowest BCUT2D eigenvalue weighted by Crippen LogP contribution is -2.38. The van der Waals surface area contributed by atoms with Crippen LogP contribution in [0.1, 0.15) is 44.5 Å². The molecule has 0 atom stereocenters. The van der Waals surface area contributed by atoms with Gasteiger partial charge in [0, 0.05) is 13.6 Å². The number of rotatable bonds is 6. The Morgan fingerprint density at radius 1 is 1.30 bits per heavy atom. The minimum Gasteiger partial charge on any atom is -0.389 e. The molecule has 0 unspecified atom stereocenters. The van der Waals surface area contributed by atoms with Crippen molar-refractivity contribution in [1.82, 2.24) is 10.2 Å². The van der Waals surface area contributed by atoms with Crippen LogP contribution in [0.2, 0.25) is 0 Å². The number of nitrogens with two attached hydrogens (primary N) is 1. The van der Waals surface area contributed by atoms with Crippen LogP contribution in [0.5, 0.6) is 0 Å². The van der Waals surface area contributed by atoms with Gasteiger partial charge in [0.2, 0.25) is 0 Å². The van der Waals surface area contributed by atoms with Gasteiger partial charge in [0.05, 0.1) is 16.9 Å². The summed E-state index contributed by atoms with van der Waals surface area (Å²) in [6.45, 7) is 8.01. The minimum absolute atomic E-state index is 0.323. The van der Waals surface area contributed by atoms with E-state index in [1.807, 2.05) is 18.9 Å². The number of hydrogen-bond donors (Lipinski definition) is 2. The lowest BCUT2D eigenvalue weighted by Gasteiger charge is -2.28. The maximum Gasteiger partial charge on any atom is 0.161 e. The Balaban J connectivity index is 3.36. The highest BCUT2D eigenvalue weighted by molar-refractivity contribution is 7.80. The number of aromatic nitrogens is 2. The molecule has 0 amide bonds. The molecule has 20 heavy (non-hydrogen) atoms. The van der Waals surface area contributed by atoms with E-state index in [2.05, 4.69) is 17.1 Å². The minimum atomic E-state index is -0.834. The molecular formula is C14H24N4OS. The maximum atomic E-state index is 9.95. The highest BCUT2D eigenvalue weighted by Gasteiger charge is 2.23. The third-order valence-corrected chi connectivity index (χ3v) is 3.26. The molecule has 6 heteroatoms. The summed E-state index contributed by atoms with van der Waals surface area (Å²) < 4.78 is 0. The van der Waals surface area contributed by atoms with E-state index >= 15 is 0 Å². The normalized spacial score (nSPS) is 11.5. The number of aliphatic hydroxyl groups is 1. The van der Waals surface area contributed by atoms with E-state index in [0.717, 1.165) is 29.7 Å². The van der Waals surface area contributed by atoms with Gasteiger partial charge in [-0.05, 0) is 32.3 Å². The predicted molar refractivity (Wildman–Crippen MR) is 86.2 cm³/mol. The molecule has 0 bridgehead atoms. The van der Waals surface area contributed by atoms with Crippen LogP contribution in [0.4, 0.5) is 5.82 Å². The molecule has 3 N–H and O–H groups in total. The summed E-state index contributed by atoms with van der Waals surface area (Å²) in [7, 11) is 1.86. The van der Waals surface area contributed by atoms with Crippen molar-refractivity contribution in [1.29, 1.82) is 0 Å². The molecule has 1 heterocycles. The summed E-state index contributed by atoms with van der Waals surface area (Å²) in [5.74, 6) is 0.633. The van der Waals surface area contributed by atoms with Crippen LogP contribution < -0.4 is 10.6 Å². The van der Waals surface area contributed by atoms with Gasteiger partial charge in [-0.25, -0.2) is 0 Å². The van der Waals surface area contributed by atoms with Crippen molar-refractivity contribution in [3.05, 3.63) is 16.8 Å². The standard InChI is InChI=1S/C14H24N4OS/c1-6-9-10(7-2)16-17-13(11(9)12(15)20)18(5)8-14(3,4)19/h19H,6-8H2,1-5H3,(H2,15,20). The van der Waals surface area contributed by atoms with E-state index in [0.29, 0.717) is 17.4 Å². The van der Waals surface area contributed by atoms with Crippen molar-refractivity contribution in [2.45, 2.75) is 46.1 Å². The highest BCUT2D eigenvalue weighted by Crippen LogP contribution is 2.24. The van der Waals surface area contributed by atoms with E-state index in [-0.39, 0.29) is 0 Å². The van der Waals surface area contributed by atoms with Gasteiger partial charge in [0.25, 0.3) is 0 Å². The number of hydrogen-bond acceptors (Lipinski definition) is 5. The molecule has 0 spiro atoms.